The summed E-state index contributed by atoms with van der Waals surface area (Å²) in [5.41, 5.74) is 7.46. The molecule has 0 aliphatic carbocycles. The number of aromatic nitrogens is 2. The lowest BCUT2D eigenvalue weighted by molar-refractivity contribution is -0.120. The molecule has 1 aromatic carbocycles. The van der Waals surface area contributed by atoms with E-state index in [2.05, 4.69) is 15.5 Å². The summed E-state index contributed by atoms with van der Waals surface area (Å²) in [6.07, 6.45) is 1.38. The highest BCUT2D eigenvalue weighted by Crippen LogP contribution is 2.24. The largest absolute Gasteiger partial charge is 0.368 e. The first-order valence-electron chi connectivity index (χ1n) is 7.88. The van der Waals surface area contributed by atoms with Gasteiger partial charge in [-0.15, -0.1) is 0 Å². The van der Waals surface area contributed by atoms with Crippen molar-refractivity contribution in [2.45, 2.75) is 25.8 Å². The van der Waals surface area contributed by atoms with Crippen molar-refractivity contribution in [3.8, 4) is 0 Å². The Labute approximate surface area is 144 Å². The Morgan fingerprint density at radius 2 is 1.92 bits per heavy atom. The van der Waals surface area contributed by atoms with Crippen LogP contribution >= 0.6 is 0 Å². The van der Waals surface area contributed by atoms with Crippen LogP contribution in [-0.2, 0) is 4.79 Å². The van der Waals surface area contributed by atoms with Crippen molar-refractivity contribution < 1.29 is 14.1 Å². The van der Waals surface area contributed by atoms with E-state index in [0.29, 0.717) is 22.2 Å². The highest BCUT2D eigenvalue weighted by Gasteiger charge is 2.22. The summed E-state index contributed by atoms with van der Waals surface area (Å²) in [5.74, 6) is -0.955. The Kier molecular flexibility index (Phi) is 4.47. The second-order valence-electron chi connectivity index (χ2n) is 6.02. The van der Waals surface area contributed by atoms with E-state index in [1.54, 1.807) is 30.3 Å². The van der Waals surface area contributed by atoms with Gasteiger partial charge in [0.05, 0.1) is 16.6 Å². The molecule has 128 valence electrons. The number of carbonyl (C=O) groups excluding carboxylic acids is 2. The molecule has 7 heteroatoms. The van der Waals surface area contributed by atoms with E-state index >= 15 is 0 Å². The summed E-state index contributed by atoms with van der Waals surface area (Å²) >= 11 is 0. The fraction of sp³-hybridized carbons (Fsp3) is 0.222. The maximum atomic E-state index is 12.6. The van der Waals surface area contributed by atoms with E-state index in [9.17, 15) is 9.59 Å². The van der Waals surface area contributed by atoms with Crippen molar-refractivity contribution in [3.05, 3.63) is 59.4 Å². The van der Waals surface area contributed by atoms with Gasteiger partial charge in [-0.1, -0.05) is 49.3 Å². The van der Waals surface area contributed by atoms with Gasteiger partial charge >= 0.3 is 0 Å². The van der Waals surface area contributed by atoms with Crippen LogP contribution < -0.4 is 11.1 Å². The number of rotatable bonds is 5. The number of hydrogen-bond acceptors (Lipinski definition) is 5. The average molecular weight is 338 g/mol. The number of nitrogens with one attached hydrogen (secondary N) is 1. The highest BCUT2D eigenvalue weighted by atomic mass is 16.5. The molecule has 0 saturated heterocycles. The Bertz CT molecular complexity index is 918. The van der Waals surface area contributed by atoms with E-state index in [1.807, 2.05) is 19.9 Å². The van der Waals surface area contributed by atoms with Gasteiger partial charge in [-0.25, -0.2) is 4.98 Å². The molecule has 2 heterocycles. The number of amides is 2. The molecule has 0 spiro atoms. The second-order valence-corrected chi connectivity index (χ2v) is 6.02. The van der Waals surface area contributed by atoms with Crippen LogP contribution in [0.2, 0.25) is 0 Å². The number of benzene rings is 1. The Hall–Kier alpha value is -3.22. The van der Waals surface area contributed by atoms with Gasteiger partial charge in [-0.2, -0.15) is 0 Å². The molecule has 1 atom stereocenters. The third-order valence-electron chi connectivity index (χ3n) is 3.86. The van der Waals surface area contributed by atoms with E-state index < -0.39 is 17.9 Å². The van der Waals surface area contributed by atoms with Crippen LogP contribution in [0.15, 0.2) is 47.1 Å². The van der Waals surface area contributed by atoms with Crippen molar-refractivity contribution in [2.24, 2.45) is 5.73 Å². The van der Waals surface area contributed by atoms with Crippen molar-refractivity contribution in [1.82, 2.24) is 15.5 Å². The number of nitrogens with zero attached hydrogens (tertiary/aromatic N) is 2. The summed E-state index contributed by atoms with van der Waals surface area (Å²) in [5, 5.41) is 7.32. The minimum atomic E-state index is -0.920. The monoisotopic (exact) mass is 338 g/mol. The Morgan fingerprint density at radius 1 is 1.20 bits per heavy atom. The lowest BCUT2D eigenvalue weighted by Gasteiger charge is -2.15. The van der Waals surface area contributed by atoms with Crippen LogP contribution in [0.1, 0.15) is 47.4 Å². The normalized spacial score (nSPS) is 12.3. The molecule has 2 amide bonds. The van der Waals surface area contributed by atoms with Crippen molar-refractivity contribution in [2.75, 3.05) is 0 Å². The van der Waals surface area contributed by atoms with E-state index in [-0.39, 0.29) is 5.92 Å². The number of fused-ring (bicyclic) bond motifs is 1. The molecule has 3 aromatic rings. The summed E-state index contributed by atoms with van der Waals surface area (Å²) in [7, 11) is 0. The van der Waals surface area contributed by atoms with Crippen LogP contribution in [0.5, 0.6) is 0 Å². The van der Waals surface area contributed by atoms with Gasteiger partial charge < -0.3 is 15.6 Å². The van der Waals surface area contributed by atoms with E-state index in [1.165, 1.54) is 6.20 Å². The molecular weight excluding hydrogens is 320 g/mol. The second kappa shape index (κ2) is 6.72. The minimum Gasteiger partial charge on any atom is -0.368 e. The zero-order chi connectivity index (χ0) is 18.0. The number of primary amides is 1. The molecule has 3 rings (SSSR count). The van der Waals surface area contributed by atoms with Crippen molar-refractivity contribution in [1.29, 1.82) is 0 Å². The molecule has 0 aliphatic heterocycles. The van der Waals surface area contributed by atoms with Crippen LogP contribution in [0.25, 0.3) is 11.1 Å². The maximum Gasteiger partial charge on any atom is 0.257 e. The molecule has 1 unspecified atom stereocenters. The van der Waals surface area contributed by atoms with Gasteiger partial charge in [-0.3, -0.25) is 9.59 Å². The average Bonchev–Trinajstić information content (AvgIpc) is 3.03. The van der Waals surface area contributed by atoms with Gasteiger partial charge in [0.1, 0.15) is 6.04 Å². The van der Waals surface area contributed by atoms with Crippen LogP contribution in [0, 0.1) is 0 Å². The van der Waals surface area contributed by atoms with Crippen LogP contribution in [-0.4, -0.2) is 22.0 Å². The summed E-state index contributed by atoms with van der Waals surface area (Å²) in [4.78, 5) is 28.4. The Balaban J connectivity index is 1.90. The first kappa shape index (κ1) is 16.6. The van der Waals surface area contributed by atoms with Crippen LogP contribution in [0.4, 0.5) is 0 Å². The molecule has 0 aliphatic rings. The zero-order valence-electron chi connectivity index (χ0n) is 13.9. The first-order valence-corrected chi connectivity index (χ1v) is 7.88. The lowest BCUT2D eigenvalue weighted by atomic mass is 10.0. The molecule has 0 radical (unpaired) electrons. The van der Waals surface area contributed by atoms with Gasteiger partial charge in [-0.05, 0) is 17.5 Å². The highest BCUT2D eigenvalue weighted by molar-refractivity contribution is 5.99. The van der Waals surface area contributed by atoms with Crippen LogP contribution in [0.3, 0.4) is 0 Å². The first-order chi connectivity index (χ1) is 12.0. The third kappa shape index (κ3) is 3.35. The predicted octanol–water partition coefficient (Wildman–Crippen LogP) is 2.30. The summed E-state index contributed by atoms with van der Waals surface area (Å²) in [6, 6.07) is 9.57. The molecule has 0 bridgehead atoms. The summed E-state index contributed by atoms with van der Waals surface area (Å²) in [6.45, 7) is 3.95. The zero-order valence-corrected chi connectivity index (χ0v) is 13.9. The lowest BCUT2D eigenvalue weighted by Crippen LogP contribution is -2.37. The maximum absolute atomic E-state index is 12.6. The fourth-order valence-corrected chi connectivity index (χ4v) is 2.57. The Morgan fingerprint density at radius 3 is 2.56 bits per heavy atom. The van der Waals surface area contributed by atoms with Crippen molar-refractivity contribution >= 4 is 22.9 Å². The molecule has 0 fully saturated rings. The molecule has 2 aromatic heterocycles. The van der Waals surface area contributed by atoms with Gasteiger partial charge in [0.15, 0.2) is 0 Å². The standard InChI is InChI=1S/C18H18N4O3/c1-10(2)14-13-8-12(9-20-18(13)25-22-14)17(24)21-15(16(19)23)11-6-4-3-5-7-11/h3-10,15H,1-2H3,(H2,19,23)(H,21,24). The predicted molar refractivity (Wildman–Crippen MR) is 91.7 cm³/mol. The van der Waals surface area contributed by atoms with E-state index in [4.69, 9.17) is 10.3 Å². The van der Waals surface area contributed by atoms with Gasteiger partial charge in [0.25, 0.3) is 11.6 Å². The topological polar surface area (TPSA) is 111 Å². The number of carbonyl (C=O) groups is 2. The number of hydrogen-bond donors (Lipinski definition) is 2. The third-order valence-corrected chi connectivity index (χ3v) is 3.86. The van der Waals surface area contributed by atoms with Gasteiger partial charge in [0, 0.05) is 6.20 Å². The van der Waals surface area contributed by atoms with Crippen molar-refractivity contribution in [3.63, 3.8) is 0 Å². The number of pyridine rings is 1. The quantitative estimate of drug-likeness (QED) is 0.741. The molecule has 3 N–H and O–H groups in total. The molecule has 0 saturated carbocycles. The molecule has 25 heavy (non-hydrogen) atoms. The molecule has 7 nitrogen and oxygen atoms in total. The fourth-order valence-electron chi connectivity index (χ4n) is 2.57. The summed E-state index contributed by atoms with van der Waals surface area (Å²) < 4.78 is 5.17. The SMILES string of the molecule is CC(C)c1noc2ncc(C(=O)NC(C(N)=O)c3ccccc3)cc12. The van der Waals surface area contributed by atoms with Gasteiger partial charge in [0.2, 0.25) is 5.91 Å². The number of nitrogens with two attached hydrogens (primary N) is 1. The molecular formula is C18H18N4O3. The van der Waals surface area contributed by atoms with E-state index in [0.717, 1.165) is 5.69 Å². The smallest absolute Gasteiger partial charge is 0.257 e. The minimum absolute atomic E-state index is 0.129.